The largest absolute Gasteiger partial charge is 0.497 e. The monoisotopic (exact) mass is 383 g/mol. The second-order valence-electron chi connectivity index (χ2n) is 4.37. The second-order valence-corrected chi connectivity index (χ2v) is 6.14. The number of benzene rings is 2. The first-order valence-electron chi connectivity index (χ1n) is 5.88. The maximum atomic E-state index is 6.39. The minimum Gasteiger partial charge on any atom is -0.497 e. The molecule has 4 heteroatoms. The summed E-state index contributed by atoms with van der Waals surface area (Å²) in [6, 6.07) is 11.8. The van der Waals surface area contributed by atoms with Crippen molar-refractivity contribution in [1.82, 2.24) is 0 Å². The van der Waals surface area contributed by atoms with Crippen molar-refractivity contribution in [3.05, 3.63) is 62.0 Å². The van der Waals surface area contributed by atoms with Crippen molar-refractivity contribution in [3.63, 3.8) is 0 Å². The molecule has 2 aromatic carbocycles. The van der Waals surface area contributed by atoms with Gasteiger partial charge in [-0.15, -0.1) is 0 Å². The van der Waals surface area contributed by atoms with Gasteiger partial charge < -0.3 is 10.5 Å². The summed E-state index contributed by atoms with van der Waals surface area (Å²) in [6.07, 6.45) is 0. The molecule has 2 N–H and O–H groups in total. The minimum atomic E-state index is -0.169. The molecule has 0 aliphatic carbocycles. The van der Waals surface area contributed by atoms with E-state index in [0.29, 0.717) is 0 Å². The number of aryl methyl sites for hydroxylation is 1. The van der Waals surface area contributed by atoms with Crippen LogP contribution in [0.5, 0.6) is 5.75 Å². The standard InChI is InChI=1S/C15H15Br2NO/c1-9-7-11(19-2)4-5-12(9)15(18)13-8-10(16)3-6-14(13)17/h3-8,15H,18H2,1-2H3. The van der Waals surface area contributed by atoms with Crippen LogP contribution in [0.15, 0.2) is 45.3 Å². The first-order chi connectivity index (χ1) is 9.02. The summed E-state index contributed by atoms with van der Waals surface area (Å²) in [7, 11) is 1.67. The summed E-state index contributed by atoms with van der Waals surface area (Å²) in [5, 5.41) is 0. The van der Waals surface area contributed by atoms with Crippen LogP contribution < -0.4 is 10.5 Å². The van der Waals surface area contributed by atoms with Gasteiger partial charge in [-0.25, -0.2) is 0 Å². The van der Waals surface area contributed by atoms with E-state index in [9.17, 15) is 0 Å². The lowest BCUT2D eigenvalue weighted by atomic mass is 9.95. The molecule has 1 atom stereocenters. The molecule has 0 fully saturated rings. The SMILES string of the molecule is COc1ccc(C(N)c2cc(Br)ccc2Br)c(C)c1. The van der Waals surface area contributed by atoms with Crippen molar-refractivity contribution in [2.45, 2.75) is 13.0 Å². The highest BCUT2D eigenvalue weighted by atomic mass is 79.9. The average Bonchev–Trinajstić information content (AvgIpc) is 2.40. The van der Waals surface area contributed by atoms with Gasteiger partial charge in [-0.2, -0.15) is 0 Å². The van der Waals surface area contributed by atoms with Gasteiger partial charge in [-0.1, -0.05) is 37.9 Å². The number of nitrogens with two attached hydrogens (primary N) is 1. The first kappa shape index (κ1) is 14.6. The molecule has 0 spiro atoms. The van der Waals surface area contributed by atoms with E-state index in [1.54, 1.807) is 7.11 Å². The van der Waals surface area contributed by atoms with E-state index in [2.05, 4.69) is 31.9 Å². The smallest absolute Gasteiger partial charge is 0.119 e. The van der Waals surface area contributed by atoms with Gasteiger partial charge in [0.25, 0.3) is 0 Å². The van der Waals surface area contributed by atoms with Crippen LogP contribution >= 0.6 is 31.9 Å². The van der Waals surface area contributed by atoms with Crippen LogP contribution in [0.3, 0.4) is 0 Å². The van der Waals surface area contributed by atoms with E-state index in [1.807, 2.05) is 43.3 Å². The average molecular weight is 385 g/mol. The zero-order valence-corrected chi connectivity index (χ0v) is 14.0. The molecule has 0 aliphatic heterocycles. The van der Waals surface area contributed by atoms with Gasteiger partial charge in [0, 0.05) is 8.95 Å². The molecule has 2 aromatic rings. The van der Waals surface area contributed by atoms with Gasteiger partial charge in [-0.3, -0.25) is 0 Å². The van der Waals surface area contributed by atoms with Crippen molar-refractivity contribution >= 4 is 31.9 Å². The van der Waals surface area contributed by atoms with Gasteiger partial charge in [0.05, 0.1) is 13.2 Å². The van der Waals surface area contributed by atoms with E-state index in [4.69, 9.17) is 10.5 Å². The zero-order valence-electron chi connectivity index (χ0n) is 10.8. The summed E-state index contributed by atoms with van der Waals surface area (Å²) in [5.74, 6) is 0.849. The molecule has 0 aliphatic rings. The third kappa shape index (κ3) is 3.19. The third-order valence-electron chi connectivity index (χ3n) is 3.11. The highest BCUT2D eigenvalue weighted by Crippen LogP contribution is 2.31. The lowest BCUT2D eigenvalue weighted by Crippen LogP contribution is -2.14. The van der Waals surface area contributed by atoms with Crippen LogP contribution in [0.2, 0.25) is 0 Å². The number of halogens is 2. The molecule has 2 nitrogen and oxygen atoms in total. The highest BCUT2D eigenvalue weighted by molar-refractivity contribution is 9.11. The Bertz CT molecular complexity index is 599. The zero-order chi connectivity index (χ0) is 14.0. The molecule has 2 rings (SSSR count). The van der Waals surface area contributed by atoms with Crippen LogP contribution in [0.1, 0.15) is 22.7 Å². The molecule has 1 unspecified atom stereocenters. The summed E-state index contributed by atoms with van der Waals surface area (Å²) >= 11 is 7.04. The van der Waals surface area contributed by atoms with Crippen molar-refractivity contribution in [2.24, 2.45) is 5.73 Å². The van der Waals surface area contributed by atoms with Crippen molar-refractivity contribution in [1.29, 1.82) is 0 Å². The third-order valence-corrected chi connectivity index (χ3v) is 4.32. The Kier molecular flexibility index (Phi) is 4.66. The van der Waals surface area contributed by atoms with Crippen LogP contribution in [0, 0.1) is 6.92 Å². The van der Waals surface area contributed by atoms with Crippen LogP contribution in [0.4, 0.5) is 0 Å². The topological polar surface area (TPSA) is 35.2 Å². The fraction of sp³-hybridized carbons (Fsp3) is 0.200. The van der Waals surface area contributed by atoms with Crippen molar-refractivity contribution in [3.8, 4) is 5.75 Å². The summed E-state index contributed by atoms with van der Waals surface area (Å²) in [4.78, 5) is 0. The molecule has 19 heavy (non-hydrogen) atoms. The molecule has 0 amide bonds. The molecular weight excluding hydrogens is 370 g/mol. The summed E-state index contributed by atoms with van der Waals surface area (Å²) in [5.41, 5.74) is 9.67. The minimum absolute atomic E-state index is 0.169. The summed E-state index contributed by atoms with van der Waals surface area (Å²) in [6.45, 7) is 2.05. The second kappa shape index (κ2) is 6.07. The van der Waals surface area contributed by atoms with Crippen LogP contribution in [0.25, 0.3) is 0 Å². The summed E-state index contributed by atoms with van der Waals surface area (Å²) < 4.78 is 7.25. The van der Waals surface area contributed by atoms with Crippen LogP contribution in [-0.4, -0.2) is 7.11 Å². The Labute approximate surface area is 130 Å². The van der Waals surface area contributed by atoms with E-state index < -0.39 is 0 Å². The Morgan fingerprint density at radius 1 is 1.05 bits per heavy atom. The van der Waals surface area contributed by atoms with Crippen LogP contribution in [-0.2, 0) is 0 Å². The molecule has 0 aromatic heterocycles. The lowest BCUT2D eigenvalue weighted by molar-refractivity contribution is 0.414. The predicted octanol–water partition coefficient (Wildman–Crippen LogP) is 4.58. The van der Waals surface area contributed by atoms with E-state index in [0.717, 1.165) is 31.4 Å². The lowest BCUT2D eigenvalue weighted by Gasteiger charge is -2.17. The maximum absolute atomic E-state index is 6.39. The van der Waals surface area contributed by atoms with Gasteiger partial charge in [0.15, 0.2) is 0 Å². The van der Waals surface area contributed by atoms with Gasteiger partial charge in [0.2, 0.25) is 0 Å². The number of methoxy groups -OCH3 is 1. The number of hydrogen-bond acceptors (Lipinski definition) is 2. The fourth-order valence-corrected chi connectivity index (χ4v) is 2.92. The van der Waals surface area contributed by atoms with E-state index in [-0.39, 0.29) is 6.04 Å². The number of ether oxygens (including phenoxy) is 1. The molecule has 0 saturated carbocycles. The first-order valence-corrected chi connectivity index (χ1v) is 7.46. The Morgan fingerprint density at radius 3 is 2.42 bits per heavy atom. The fourth-order valence-electron chi connectivity index (χ4n) is 2.04. The van der Waals surface area contributed by atoms with E-state index in [1.165, 1.54) is 0 Å². The molecule has 0 saturated heterocycles. The number of hydrogen-bond donors (Lipinski definition) is 1. The van der Waals surface area contributed by atoms with Gasteiger partial charge in [0.1, 0.15) is 5.75 Å². The molecule has 0 radical (unpaired) electrons. The molecular formula is C15H15Br2NO. The number of rotatable bonds is 3. The Balaban J connectivity index is 2.43. The normalized spacial score (nSPS) is 12.3. The highest BCUT2D eigenvalue weighted by Gasteiger charge is 2.15. The van der Waals surface area contributed by atoms with Crippen molar-refractivity contribution < 1.29 is 4.74 Å². The quantitative estimate of drug-likeness (QED) is 0.840. The van der Waals surface area contributed by atoms with Gasteiger partial charge in [-0.05, 0) is 53.9 Å². The maximum Gasteiger partial charge on any atom is 0.119 e. The Hall–Kier alpha value is -0.840. The van der Waals surface area contributed by atoms with Gasteiger partial charge >= 0.3 is 0 Å². The molecule has 100 valence electrons. The molecule has 0 bridgehead atoms. The van der Waals surface area contributed by atoms with Crippen molar-refractivity contribution in [2.75, 3.05) is 7.11 Å². The van der Waals surface area contributed by atoms with E-state index >= 15 is 0 Å². The Morgan fingerprint density at radius 2 is 1.79 bits per heavy atom. The predicted molar refractivity (Wildman–Crippen MR) is 85.6 cm³/mol. The molecule has 0 heterocycles.